The maximum absolute atomic E-state index is 13.5. The number of hydrogen-bond donors (Lipinski definition) is 3. The van der Waals surface area contributed by atoms with E-state index >= 15 is 0 Å². The summed E-state index contributed by atoms with van der Waals surface area (Å²) >= 11 is 0. The zero-order valence-corrected chi connectivity index (χ0v) is 21.2. The molecule has 3 atom stereocenters. The molecule has 3 aromatic rings. The third kappa shape index (κ3) is 5.61. The molecule has 1 aliphatic rings. The van der Waals surface area contributed by atoms with Crippen molar-refractivity contribution in [3.8, 4) is 5.75 Å². The Hall–Kier alpha value is -3.62. The van der Waals surface area contributed by atoms with Crippen LogP contribution in [0, 0.1) is 5.92 Å². The lowest BCUT2D eigenvalue weighted by atomic mass is 9.99. The number of fused-ring (bicyclic) bond motifs is 2. The van der Waals surface area contributed by atoms with Crippen molar-refractivity contribution < 1.29 is 19.4 Å². The van der Waals surface area contributed by atoms with Crippen LogP contribution in [0.2, 0.25) is 0 Å². The number of anilines is 2. The first-order valence-corrected chi connectivity index (χ1v) is 12.2. The Morgan fingerprint density at radius 3 is 2.64 bits per heavy atom. The van der Waals surface area contributed by atoms with Gasteiger partial charge in [-0.25, -0.2) is 4.79 Å². The topological polar surface area (TPSA) is 94.1 Å². The van der Waals surface area contributed by atoms with Crippen molar-refractivity contribution >= 4 is 34.1 Å². The average Bonchev–Trinajstić information content (AvgIpc) is 2.86. The van der Waals surface area contributed by atoms with Crippen LogP contribution in [0.3, 0.4) is 0 Å². The summed E-state index contributed by atoms with van der Waals surface area (Å²) in [6.07, 6.45) is -0.145. The van der Waals surface area contributed by atoms with Crippen LogP contribution in [-0.4, -0.2) is 72.8 Å². The molecule has 8 nitrogen and oxygen atoms in total. The summed E-state index contributed by atoms with van der Waals surface area (Å²) in [6, 6.07) is 17.9. The van der Waals surface area contributed by atoms with E-state index < -0.39 is 6.03 Å². The van der Waals surface area contributed by atoms with Gasteiger partial charge in [-0.05, 0) is 50.7 Å². The number of carbonyl (C=O) groups is 2. The second kappa shape index (κ2) is 11.0. The van der Waals surface area contributed by atoms with Crippen LogP contribution in [-0.2, 0) is 0 Å². The number of likely N-dealkylation sites (N-methyl/N-ethyl adjacent to an activating group) is 1. The monoisotopic (exact) mass is 490 g/mol. The maximum atomic E-state index is 13.5. The smallest absolute Gasteiger partial charge is 0.323 e. The summed E-state index contributed by atoms with van der Waals surface area (Å²) in [7, 11) is 3.97. The van der Waals surface area contributed by atoms with Gasteiger partial charge in [-0.1, -0.05) is 43.3 Å². The number of urea groups is 1. The van der Waals surface area contributed by atoms with E-state index in [0.29, 0.717) is 35.8 Å². The summed E-state index contributed by atoms with van der Waals surface area (Å²) in [5.41, 5.74) is 1.52. The van der Waals surface area contributed by atoms with Gasteiger partial charge in [0.05, 0.1) is 23.9 Å². The quantitative estimate of drug-likeness (QED) is 0.480. The van der Waals surface area contributed by atoms with Gasteiger partial charge in [-0.2, -0.15) is 0 Å². The zero-order chi connectivity index (χ0) is 25.8. The molecule has 0 aliphatic carbocycles. The number of ether oxygens (including phenoxy) is 1. The SMILES string of the molecule is C[C@H]1CN([C@@H](C)CO)C(=O)c2cc(NC(=O)Nc3cccc4ccccc34)ccc2O[C@@H]1CN(C)C. The number of carbonyl (C=O) groups excluding carboxylic acids is 2. The highest BCUT2D eigenvalue weighted by molar-refractivity contribution is 6.07. The fourth-order valence-corrected chi connectivity index (χ4v) is 4.50. The third-order valence-corrected chi connectivity index (χ3v) is 6.51. The second-order valence-corrected chi connectivity index (χ2v) is 9.70. The second-order valence-electron chi connectivity index (χ2n) is 9.70. The fraction of sp³-hybridized carbons (Fsp3) is 0.357. The first-order valence-electron chi connectivity index (χ1n) is 12.2. The van der Waals surface area contributed by atoms with Gasteiger partial charge < -0.3 is 30.3 Å². The van der Waals surface area contributed by atoms with E-state index in [1.165, 1.54) is 0 Å². The van der Waals surface area contributed by atoms with E-state index in [0.717, 1.165) is 10.8 Å². The van der Waals surface area contributed by atoms with E-state index in [1.54, 1.807) is 23.1 Å². The molecule has 3 aromatic carbocycles. The lowest BCUT2D eigenvalue weighted by Gasteiger charge is -2.37. The molecule has 0 saturated heterocycles. The molecule has 1 aliphatic heterocycles. The molecule has 0 spiro atoms. The fourth-order valence-electron chi connectivity index (χ4n) is 4.50. The van der Waals surface area contributed by atoms with E-state index in [4.69, 9.17) is 4.74 Å². The number of benzene rings is 3. The largest absolute Gasteiger partial charge is 0.488 e. The Morgan fingerprint density at radius 1 is 1.14 bits per heavy atom. The minimum atomic E-state index is -0.412. The van der Waals surface area contributed by atoms with Crippen molar-refractivity contribution in [3.63, 3.8) is 0 Å². The summed E-state index contributed by atoms with van der Waals surface area (Å²) in [6.45, 7) is 4.88. The molecule has 0 radical (unpaired) electrons. The summed E-state index contributed by atoms with van der Waals surface area (Å²) in [5.74, 6) is 0.288. The van der Waals surface area contributed by atoms with Gasteiger partial charge in [-0.15, -0.1) is 0 Å². The first-order chi connectivity index (χ1) is 17.3. The van der Waals surface area contributed by atoms with Crippen LogP contribution in [0.5, 0.6) is 5.75 Å². The lowest BCUT2D eigenvalue weighted by molar-refractivity contribution is 0.0363. The number of amides is 3. The molecule has 190 valence electrons. The number of aliphatic hydroxyl groups excluding tert-OH is 1. The van der Waals surface area contributed by atoms with Gasteiger partial charge in [0.1, 0.15) is 11.9 Å². The molecule has 4 rings (SSSR count). The van der Waals surface area contributed by atoms with Crippen molar-refractivity contribution in [1.82, 2.24) is 9.80 Å². The molecule has 3 N–H and O–H groups in total. The lowest BCUT2D eigenvalue weighted by Crippen LogP contribution is -2.49. The van der Waals surface area contributed by atoms with Gasteiger partial charge in [-0.3, -0.25) is 4.79 Å². The van der Waals surface area contributed by atoms with E-state index in [9.17, 15) is 14.7 Å². The highest BCUT2D eigenvalue weighted by atomic mass is 16.5. The van der Waals surface area contributed by atoms with Crippen molar-refractivity contribution in [1.29, 1.82) is 0 Å². The number of nitrogens with zero attached hydrogens (tertiary/aromatic N) is 2. The van der Waals surface area contributed by atoms with Gasteiger partial charge >= 0.3 is 6.03 Å². The predicted molar refractivity (Wildman–Crippen MR) is 143 cm³/mol. The van der Waals surface area contributed by atoms with Crippen LogP contribution in [0.4, 0.5) is 16.2 Å². The van der Waals surface area contributed by atoms with Crippen molar-refractivity contribution in [2.45, 2.75) is 26.0 Å². The normalized spacial score (nSPS) is 18.7. The Morgan fingerprint density at radius 2 is 1.89 bits per heavy atom. The number of hydrogen-bond acceptors (Lipinski definition) is 5. The minimum absolute atomic E-state index is 0.0581. The van der Waals surface area contributed by atoms with Crippen LogP contribution in [0.15, 0.2) is 60.7 Å². The van der Waals surface area contributed by atoms with E-state index in [1.807, 2.05) is 63.5 Å². The molecular weight excluding hydrogens is 456 g/mol. The highest BCUT2D eigenvalue weighted by Crippen LogP contribution is 2.31. The summed E-state index contributed by atoms with van der Waals surface area (Å²) < 4.78 is 6.32. The van der Waals surface area contributed by atoms with Crippen LogP contribution < -0.4 is 15.4 Å². The standard InChI is InChI=1S/C28H34N4O4/c1-18-15-32(19(2)17-33)27(34)23-14-21(12-13-25(23)36-26(18)16-31(3)4)29-28(35)30-24-11-7-9-20-8-5-6-10-22(20)24/h5-14,18-19,26,33H,15-17H2,1-4H3,(H2,29,30,35)/t18-,19-,26+/m0/s1. The van der Waals surface area contributed by atoms with Crippen molar-refractivity contribution in [3.05, 3.63) is 66.2 Å². The maximum Gasteiger partial charge on any atom is 0.323 e. The highest BCUT2D eigenvalue weighted by Gasteiger charge is 2.33. The molecule has 1 heterocycles. The minimum Gasteiger partial charge on any atom is -0.488 e. The molecule has 36 heavy (non-hydrogen) atoms. The molecule has 0 aromatic heterocycles. The van der Waals surface area contributed by atoms with Crippen LogP contribution in [0.25, 0.3) is 10.8 Å². The number of aliphatic hydroxyl groups is 1. The number of rotatable bonds is 6. The van der Waals surface area contributed by atoms with Crippen molar-refractivity contribution in [2.75, 3.05) is 44.4 Å². The summed E-state index contributed by atoms with van der Waals surface area (Å²) in [5, 5.41) is 17.5. The molecule has 0 saturated carbocycles. The van der Waals surface area contributed by atoms with Gasteiger partial charge in [0, 0.05) is 30.1 Å². The molecule has 0 fully saturated rings. The molecular formula is C28H34N4O4. The Balaban J connectivity index is 1.61. The van der Waals surface area contributed by atoms with Gasteiger partial charge in [0.2, 0.25) is 0 Å². The first kappa shape index (κ1) is 25.5. The Bertz CT molecular complexity index is 1240. The van der Waals surface area contributed by atoms with Gasteiger partial charge in [0.25, 0.3) is 5.91 Å². The number of nitrogens with one attached hydrogen (secondary N) is 2. The van der Waals surface area contributed by atoms with Crippen LogP contribution >= 0.6 is 0 Å². The molecule has 3 amide bonds. The van der Waals surface area contributed by atoms with E-state index in [2.05, 4.69) is 22.5 Å². The Labute approximate surface area is 211 Å². The molecule has 8 heteroatoms. The average molecular weight is 491 g/mol. The van der Waals surface area contributed by atoms with Crippen molar-refractivity contribution in [2.24, 2.45) is 5.92 Å². The third-order valence-electron chi connectivity index (χ3n) is 6.51. The predicted octanol–water partition coefficient (Wildman–Crippen LogP) is 4.27. The van der Waals surface area contributed by atoms with Gasteiger partial charge in [0.15, 0.2) is 0 Å². The summed E-state index contributed by atoms with van der Waals surface area (Å²) in [4.78, 5) is 30.1. The molecule has 0 bridgehead atoms. The zero-order valence-electron chi connectivity index (χ0n) is 21.2. The Kier molecular flexibility index (Phi) is 7.76. The van der Waals surface area contributed by atoms with Crippen LogP contribution in [0.1, 0.15) is 24.2 Å². The van der Waals surface area contributed by atoms with E-state index in [-0.39, 0.29) is 30.6 Å². The molecule has 0 unspecified atom stereocenters.